The van der Waals surface area contributed by atoms with E-state index in [1.165, 1.54) is 31.5 Å². The zero-order chi connectivity index (χ0) is 13.8. The van der Waals surface area contributed by atoms with Gasteiger partial charge in [-0.15, -0.1) is 0 Å². The molecule has 1 aromatic heterocycles. The number of carboxylic acid groups (broad SMARTS) is 1. The molecule has 0 aromatic carbocycles. The standard InChI is InChI=1S/C13H19N3O2S/c1-19-11-5-3-2-4-10(11)16-12-6-8(13(17)18)9(14)7-15-12/h6-7,10-11H,2-5,14H2,1H3,(H,15,16)(H,17,18). The molecule has 1 fully saturated rings. The Bertz CT molecular complexity index is 467. The van der Waals surface area contributed by atoms with Crippen LogP contribution in [0.5, 0.6) is 0 Å². The Labute approximate surface area is 117 Å². The number of aromatic nitrogens is 1. The molecule has 6 heteroatoms. The first-order chi connectivity index (χ1) is 9.11. The highest BCUT2D eigenvalue weighted by Crippen LogP contribution is 2.29. The molecule has 1 heterocycles. The molecule has 1 aromatic rings. The molecule has 0 amide bonds. The molecule has 2 rings (SSSR count). The van der Waals surface area contributed by atoms with Crippen molar-refractivity contribution < 1.29 is 9.90 Å². The van der Waals surface area contributed by atoms with Crippen LogP contribution in [0.15, 0.2) is 12.3 Å². The number of hydrogen-bond donors (Lipinski definition) is 3. The molecule has 0 aliphatic heterocycles. The second-order valence-corrected chi connectivity index (χ2v) is 5.85. The Morgan fingerprint density at radius 1 is 1.53 bits per heavy atom. The van der Waals surface area contributed by atoms with E-state index in [4.69, 9.17) is 10.8 Å². The number of carbonyl (C=O) groups is 1. The summed E-state index contributed by atoms with van der Waals surface area (Å²) in [6.07, 6.45) is 8.28. The van der Waals surface area contributed by atoms with Gasteiger partial charge in [-0.2, -0.15) is 11.8 Å². The third-order valence-electron chi connectivity index (χ3n) is 3.50. The van der Waals surface area contributed by atoms with Crippen LogP contribution in [0.4, 0.5) is 11.5 Å². The van der Waals surface area contributed by atoms with Crippen LogP contribution in [0, 0.1) is 0 Å². The lowest BCUT2D eigenvalue weighted by Crippen LogP contribution is -2.34. The fourth-order valence-corrected chi connectivity index (χ4v) is 3.40. The van der Waals surface area contributed by atoms with Crippen molar-refractivity contribution in [3.63, 3.8) is 0 Å². The average Bonchev–Trinajstić information content (AvgIpc) is 2.41. The summed E-state index contributed by atoms with van der Waals surface area (Å²) in [5.74, 6) is -0.425. The molecule has 0 saturated heterocycles. The van der Waals surface area contributed by atoms with E-state index >= 15 is 0 Å². The summed E-state index contributed by atoms with van der Waals surface area (Å²) in [7, 11) is 0. The highest BCUT2D eigenvalue weighted by atomic mass is 32.2. The van der Waals surface area contributed by atoms with Gasteiger partial charge in [0, 0.05) is 11.3 Å². The zero-order valence-electron chi connectivity index (χ0n) is 10.9. The maximum absolute atomic E-state index is 11.0. The van der Waals surface area contributed by atoms with E-state index in [0.29, 0.717) is 17.1 Å². The average molecular weight is 281 g/mol. The van der Waals surface area contributed by atoms with E-state index in [2.05, 4.69) is 16.6 Å². The number of carboxylic acids is 1. The zero-order valence-corrected chi connectivity index (χ0v) is 11.7. The Balaban J connectivity index is 2.14. The second kappa shape index (κ2) is 6.14. The van der Waals surface area contributed by atoms with Gasteiger partial charge in [-0.1, -0.05) is 12.8 Å². The summed E-state index contributed by atoms with van der Waals surface area (Å²) in [6.45, 7) is 0. The molecular formula is C13H19N3O2S. The predicted molar refractivity (Wildman–Crippen MR) is 78.8 cm³/mol. The fraction of sp³-hybridized carbons (Fsp3) is 0.538. The van der Waals surface area contributed by atoms with Crippen molar-refractivity contribution >= 4 is 29.2 Å². The van der Waals surface area contributed by atoms with E-state index < -0.39 is 5.97 Å². The van der Waals surface area contributed by atoms with Crippen molar-refractivity contribution in [1.82, 2.24) is 4.98 Å². The first-order valence-electron chi connectivity index (χ1n) is 6.40. The number of thioether (sulfide) groups is 1. The van der Waals surface area contributed by atoms with Crippen molar-refractivity contribution in [2.75, 3.05) is 17.3 Å². The van der Waals surface area contributed by atoms with Gasteiger partial charge in [0.1, 0.15) is 5.82 Å². The Hall–Kier alpha value is -1.43. The minimum atomic E-state index is -1.02. The third kappa shape index (κ3) is 3.32. The maximum atomic E-state index is 11.0. The van der Waals surface area contributed by atoms with Crippen LogP contribution in [0.1, 0.15) is 36.0 Å². The van der Waals surface area contributed by atoms with E-state index in [0.717, 1.165) is 6.42 Å². The van der Waals surface area contributed by atoms with Crippen LogP contribution < -0.4 is 11.1 Å². The number of nitrogens with one attached hydrogen (secondary N) is 1. The molecule has 0 bridgehead atoms. The molecule has 4 N–H and O–H groups in total. The molecule has 1 saturated carbocycles. The number of aromatic carboxylic acids is 1. The van der Waals surface area contributed by atoms with Crippen molar-refractivity contribution in [1.29, 1.82) is 0 Å². The Morgan fingerprint density at radius 2 is 2.26 bits per heavy atom. The third-order valence-corrected chi connectivity index (χ3v) is 4.67. The van der Waals surface area contributed by atoms with Gasteiger partial charge in [0.05, 0.1) is 17.4 Å². The smallest absolute Gasteiger partial charge is 0.337 e. The molecule has 2 unspecified atom stereocenters. The molecule has 1 aliphatic carbocycles. The number of rotatable bonds is 4. The molecule has 0 spiro atoms. The summed E-state index contributed by atoms with van der Waals surface area (Å²) >= 11 is 1.86. The van der Waals surface area contributed by atoms with Gasteiger partial charge in [0.2, 0.25) is 0 Å². The summed E-state index contributed by atoms with van der Waals surface area (Å²) in [4.78, 5) is 15.2. The van der Waals surface area contributed by atoms with Gasteiger partial charge in [-0.25, -0.2) is 9.78 Å². The maximum Gasteiger partial charge on any atom is 0.337 e. The Kier molecular flexibility index (Phi) is 4.52. The van der Waals surface area contributed by atoms with Crippen molar-refractivity contribution in [3.8, 4) is 0 Å². The number of nitrogens with two attached hydrogens (primary N) is 1. The van der Waals surface area contributed by atoms with Gasteiger partial charge in [-0.05, 0) is 25.2 Å². The number of nitrogen functional groups attached to an aromatic ring is 1. The number of pyridine rings is 1. The number of hydrogen-bond acceptors (Lipinski definition) is 5. The molecular weight excluding hydrogens is 262 g/mol. The van der Waals surface area contributed by atoms with Gasteiger partial charge >= 0.3 is 5.97 Å². The summed E-state index contributed by atoms with van der Waals surface area (Å²) in [5.41, 5.74) is 5.90. The van der Waals surface area contributed by atoms with E-state index in [9.17, 15) is 4.79 Å². The fourth-order valence-electron chi connectivity index (χ4n) is 2.46. The van der Waals surface area contributed by atoms with Crippen LogP contribution in [0.3, 0.4) is 0 Å². The molecule has 2 atom stereocenters. The van der Waals surface area contributed by atoms with Crippen LogP contribution in [-0.2, 0) is 0 Å². The first-order valence-corrected chi connectivity index (χ1v) is 7.68. The Morgan fingerprint density at radius 3 is 2.95 bits per heavy atom. The van der Waals surface area contributed by atoms with Crippen LogP contribution in [-0.4, -0.2) is 33.6 Å². The monoisotopic (exact) mass is 281 g/mol. The number of nitrogens with zero attached hydrogens (tertiary/aromatic N) is 1. The molecule has 5 nitrogen and oxygen atoms in total. The van der Waals surface area contributed by atoms with Crippen molar-refractivity contribution in [2.45, 2.75) is 37.0 Å². The number of anilines is 2. The van der Waals surface area contributed by atoms with Crippen molar-refractivity contribution in [2.24, 2.45) is 0 Å². The van der Waals surface area contributed by atoms with E-state index in [1.807, 2.05) is 11.8 Å². The summed E-state index contributed by atoms with van der Waals surface area (Å²) in [5, 5.41) is 13.0. The summed E-state index contributed by atoms with van der Waals surface area (Å²) < 4.78 is 0. The van der Waals surface area contributed by atoms with Crippen LogP contribution in [0.25, 0.3) is 0 Å². The SMILES string of the molecule is CSC1CCCCC1Nc1cc(C(=O)O)c(N)cn1. The lowest BCUT2D eigenvalue weighted by Gasteiger charge is -2.31. The molecule has 104 valence electrons. The largest absolute Gasteiger partial charge is 0.478 e. The van der Waals surface area contributed by atoms with Crippen LogP contribution >= 0.6 is 11.8 Å². The van der Waals surface area contributed by atoms with Gasteiger partial charge in [-0.3, -0.25) is 0 Å². The van der Waals surface area contributed by atoms with Gasteiger partial charge < -0.3 is 16.2 Å². The van der Waals surface area contributed by atoms with E-state index in [-0.39, 0.29) is 11.3 Å². The van der Waals surface area contributed by atoms with Crippen molar-refractivity contribution in [3.05, 3.63) is 17.8 Å². The molecule has 1 aliphatic rings. The molecule has 19 heavy (non-hydrogen) atoms. The highest BCUT2D eigenvalue weighted by molar-refractivity contribution is 7.99. The molecule has 0 radical (unpaired) electrons. The predicted octanol–water partition coefficient (Wildman–Crippen LogP) is 2.45. The minimum absolute atomic E-state index is 0.106. The van der Waals surface area contributed by atoms with Gasteiger partial charge in [0.25, 0.3) is 0 Å². The highest BCUT2D eigenvalue weighted by Gasteiger charge is 2.24. The van der Waals surface area contributed by atoms with Gasteiger partial charge in [0.15, 0.2) is 0 Å². The second-order valence-electron chi connectivity index (χ2n) is 4.77. The topological polar surface area (TPSA) is 88.2 Å². The lowest BCUT2D eigenvalue weighted by atomic mass is 9.95. The lowest BCUT2D eigenvalue weighted by molar-refractivity contribution is 0.0698. The summed E-state index contributed by atoms with van der Waals surface area (Å²) in [6, 6.07) is 1.87. The minimum Gasteiger partial charge on any atom is -0.478 e. The first kappa shape index (κ1) is 14.0. The van der Waals surface area contributed by atoms with E-state index in [1.54, 1.807) is 0 Å². The quantitative estimate of drug-likeness (QED) is 0.785. The normalized spacial score (nSPS) is 23.0. The van der Waals surface area contributed by atoms with Crippen LogP contribution in [0.2, 0.25) is 0 Å².